The van der Waals surface area contributed by atoms with Gasteiger partial charge in [0.25, 0.3) is 0 Å². The van der Waals surface area contributed by atoms with E-state index in [9.17, 15) is 0 Å². The number of alkyl halides is 1. The number of rotatable bonds is 5. The molecule has 0 fully saturated rings. The molecule has 0 saturated heterocycles. The Morgan fingerprint density at radius 3 is 2.87 bits per heavy atom. The molecule has 0 atom stereocenters. The first-order chi connectivity index (χ1) is 7.17. The van der Waals surface area contributed by atoms with Gasteiger partial charge in [0.2, 0.25) is 0 Å². The summed E-state index contributed by atoms with van der Waals surface area (Å²) in [5.74, 6) is 1.26. The van der Waals surface area contributed by atoms with E-state index in [0.29, 0.717) is 12.5 Å². The lowest BCUT2D eigenvalue weighted by molar-refractivity contribution is 0.347. The van der Waals surface area contributed by atoms with Crippen LogP contribution in [0, 0.1) is 6.92 Å². The second-order valence-corrected chi connectivity index (χ2v) is 3.69. The van der Waals surface area contributed by atoms with E-state index in [1.54, 1.807) is 0 Å². The summed E-state index contributed by atoms with van der Waals surface area (Å²) in [7, 11) is 0. The van der Waals surface area contributed by atoms with Crippen molar-refractivity contribution in [3.8, 4) is 5.75 Å². The van der Waals surface area contributed by atoms with Crippen molar-refractivity contribution in [2.45, 2.75) is 20.3 Å². The number of nitrogens with zero attached hydrogens (tertiary/aromatic N) is 1. The zero-order chi connectivity index (χ0) is 11.3. The summed E-state index contributed by atoms with van der Waals surface area (Å²) in [6, 6.07) is 3.89. The van der Waals surface area contributed by atoms with Crippen LogP contribution >= 0.6 is 11.6 Å². The quantitative estimate of drug-likeness (QED) is 0.568. The first kappa shape index (κ1) is 12.1. The van der Waals surface area contributed by atoms with Crippen LogP contribution in [-0.4, -0.2) is 17.5 Å². The van der Waals surface area contributed by atoms with Gasteiger partial charge in [-0.25, -0.2) is 0 Å². The van der Waals surface area contributed by atoms with Gasteiger partial charge >= 0.3 is 0 Å². The van der Waals surface area contributed by atoms with Crippen LogP contribution in [0.25, 0.3) is 0 Å². The van der Waals surface area contributed by atoms with Gasteiger partial charge in [-0.3, -0.25) is 4.98 Å². The van der Waals surface area contributed by atoms with E-state index in [2.05, 4.69) is 18.5 Å². The molecule has 1 aromatic heterocycles. The first-order valence-electron chi connectivity index (χ1n) is 4.99. The first-order valence-corrected chi connectivity index (χ1v) is 5.52. The monoisotopic (exact) mass is 225 g/mol. The van der Waals surface area contributed by atoms with Crippen molar-refractivity contribution in [1.82, 2.24) is 4.98 Å². The van der Waals surface area contributed by atoms with E-state index >= 15 is 0 Å². The number of hydrogen-bond acceptors (Lipinski definition) is 2. The number of aromatic nitrogens is 1. The van der Waals surface area contributed by atoms with Gasteiger partial charge in [0.1, 0.15) is 12.4 Å². The summed E-state index contributed by atoms with van der Waals surface area (Å²) < 4.78 is 5.59. The molecule has 1 rings (SSSR count). The zero-order valence-electron chi connectivity index (χ0n) is 9.22. The van der Waals surface area contributed by atoms with Crippen LogP contribution in [0.2, 0.25) is 0 Å². The Morgan fingerprint density at radius 2 is 2.27 bits per heavy atom. The standard InChI is InChI=1S/C12H16ClNO/c1-4-11-12(6-5-10(3)14-11)15-8-9(2)7-13/h5-6H,2,4,7-8H2,1,3H3. The van der Waals surface area contributed by atoms with Crippen LogP contribution in [0.15, 0.2) is 24.3 Å². The maximum Gasteiger partial charge on any atom is 0.141 e. The third kappa shape index (κ3) is 3.56. The topological polar surface area (TPSA) is 22.1 Å². The lowest BCUT2D eigenvalue weighted by Crippen LogP contribution is -2.04. The number of pyridine rings is 1. The minimum Gasteiger partial charge on any atom is -0.487 e. The van der Waals surface area contributed by atoms with Gasteiger partial charge in [-0.15, -0.1) is 11.6 Å². The molecule has 0 bridgehead atoms. The lowest BCUT2D eigenvalue weighted by Gasteiger charge is -2.10. The molecule has 0 aliphatic heterocycles. The zero-order valence-corrected chi connectivity index (χ0v) is 9.97. The highest BCUT2D eigenvalue weighted by atomic mass is 35.5. The Balaban J connectivity index is 2.72. The average molecular weight is 226 g/mol. The number of aryl methyl sites for hydroxylation is 2. The summed E-state index contributed by atoms with van der Waals surface area (Å²) in [5.41, 5.74) is 2.87. The molecule has 0 unspecified atom stereocenters. The molecular weight excluding hydrogens is 210 g/mol. The highest BCUT2D eigenvalue weighted by Gasteiger charge is 2.04. The fourth-order valence-corrected chi connectivity index (χ4v) is 1.28. The molecule has 0 aliphatic rings. The summed E-state index contributed by atoms with van der Waals surface area (Å²) in [6.07, 6.45) is 0.865. The lowest BCUT2D eigenvalue weighted by atomic mass is 10.2. The van der Waals surface area contributed by atoms with Crippen molar-refractivity contribution in [2.24, 2.45) is 0 Å². The van der Waals surface area contributed by atoms with E-state index in [0.717, 1.165) is 29.1 Å². The molecule has 0 spiro atoms. The van der Waals surface area contributed by atoms with Crippen molar-refractivity contribution >= 4 is 11.6 Å². The molecule has 0 amide bonds. The van der Waals surface area contributed by atoms with E-state index in [1.807, 2.05) is 19.1 Å². The summed E-state index contributed by atoms with van der Waals surface area (Å²) in [5, 5.41) is 0. The van der Waals surface area contributed by atoms with Crippen LogP contribution in [0.3, 0.4) is 0 Å². The fourth-order valence-electron chi connectivity index (χ4n) is 1.20. The largest absolute Gasteiger partial charge is 0.487 e. The molecule has 1 heterocycles. The van der Waals surface area contributed by atoms with Crippen molar-refractivity contribution < 1.29 is 4.74 Å². The molecule has 2 nitrogen and oxygen atoms in total. The number of halogens is 1. The normalized spacial score (nSPS) is 10.1. The molecule has 1 aromatic rings. The van der Waals surface area contributed by atoms with Gasteiger partial charge in [-0.2, -0.15) is 0 Å². The van der Waals surface area contributed by atoms with Crippen LogP contribution in [0.1, 0.15) is 18.3 Å². The Hall–Kier alpha value is -1.02. The minimum absolute atomic E-state index is 0.431. The van der Waals surface area contributed by atoms with Crippen molar-refractivity contribution in [2.75, 3.05) is 12.5 Å². The van der Waals surface area contributed by atoms with E-state index in [4.69, 9.17) is 16.3 Å². The van der Waals surface area contributed by atoms with Crippen LogP contribution in [-0.2, 0) is 6.42 Å². The maximum absolute atomic E-state index is 5.62. The van der Waals surface area contributed by atoms with Gasteiger partial charge in [0, 0.05) is 11.6 Å². The van der Waals surface area contributed by atoms with Crippen molar-refractivity contribution in [1.29, 1.82) is 0 Å². The second-order valence-electron chi connectivity index (χ2n) is 3.42. The van der Waals surface area contributed by atoms with E-state index in [-0.39, 0.29) is 0 Å². The van der Waals surface area contributed by atoms with Crippen molar-refractivity contribution in [3.63, 3.8) is 0 Å². The van der Waals surface area contributed by atoms with Gasteiger partial charge in [-0.1, -0.05) is 13.5 Å². The molecule has 0 saturated carbocycles. The second kappa shape index (κ2) is 5.76. The Labute approximate surface area is 95.9 Å². The SMILES string of the molecule is C=C(CCl)COc1ccc(C)nc1CC. The molecule has 0 N–H and O–H groups in total. The van der Waals surface area contributed by atoms with E-state index in [1.165, 1.54) is 0 Å². The maximum atomic E-state index is 5.62. The third-order valence-electron chi connectivity index (χ3n) is 2.03. The van der Waals surface area contributed by atoms with Gasteiger partial charge < -0.3 is 4.74 Å². The molecular formula is C12H16ClNO. The Morgan fingerprint density at radius 1 is 1.53 bits per heavy atom. The number of hydrogen-bond donors (Lipinski definition) is 0. The van der Waals surface area contributed by atoms with Crippen LogP contribution in [0.4, 0.5) is 0 Å². The summed E-state index contributed by atoms with van der Waals surface area (Å²) >= 11 is 5.62. The molecule has 3 heteroatoms. The molecule has 0 radical (unpaired) electrons. The summed E-state index contributed by atoms with van der Waals surface area (Å²) in [6.45, 7) is 8.28. The van der Waals surface area contributed by atoms with Gasteiger partial charge in [-0.05, 0) is 31.1 Å². The van der Waals surface area contributed by atoms with E-state index < -0.39 is 0 Å². The smallest absolute Gasteiger partial charge is 0.141 e. The third-order valence-corrected chi connectivity index (χ3v) is 2.41. The average Bonchev–Trinajstić information content (AvgIpc) is 2.26. The molecule has 0 aromatic carbocycles. The molecule has 15 heavy (non-hydrogen) atoms. The molecule has 0 aliphatic carbocycles. The van der Waals surface area contributed by atoms with Crippen molar-refractivity contribution in [3.05, 3.63) is 35.7 Å². The van der Waals surface area contributed by atoms with Crippen LogP contribution in [0.5, 0.6) is 5.75 Å². The number of ether oxygens (including phenoxy) is 1. The predicted octanol–water partition coefficient (Wildman–Crippen LogP) is 3.13. The minimum atomic E-state index is 0.431. The Bertz CT molecular complexity index is 349. The Kier molecular flexibility index (Phi) is 4.63. The predicted molar refractivity (Wildman–Crippen MR) is 63.7 cm³/mol. The van der Waals surface area contributed by atoms with Gasteiger partial charge in [0.15, 0.2) is 0 Å². The van der Waals surface area contributed by atoms with Crippen LogP contribution < -0.4 is 4.74 Å². The highest BCUT2D eigenvalue weighted by Crippen LogP contribution is 2.18. The van der Waals surface area contributed by atoms with Gasteiger partial charge in [0.05, 0.1) is 5.69 Å². The summed E-state index contributed by atoms with van der Waals surface area (Å²) in [4.78, 5) is 4.41. The molecule has 82 valence electrons. The highest BCUT2D eigenvalue weighted by molar-refractivity contribution is 6.19. The fraction of sp³-hybridized carbons (Fsp3) is 0.417.